The van der Waals surface area contributed by atoms with Gasteiger partial charge in [-0.15, -0.1) is 0 Å². The van der Waals surface area contributed by atoms with Crippen LogP contribution < -0.4 is 4.74 Å². The molecule has 5 heteroatoms. The highest BCUT2D eigenvalue weighted by molar-refractivity contribution is 6.35. The van der Waals surface area contributed by atoms with Crippen LogP contribution in [0.1, 0.15) is 5.56 Å². The normalized spacial score (nSPS) is 15.0. The molecule has 0 saturated carbocycles. The van der Waals surface area contributed by atoms with Crippen molar-refractivity contribution in [1.29, 1.82) is 0 Å². The van der Waals surface area contributed by atoms with E-state index in [0.29, 0.717) is 22.4 Å². The van der Waals surface area contributed by atoms with Crippen molar-refractivity contribution in [1.82, 2.24) is 10.0 Å². The highest BCUT2D eigenvalue weighted by Crippen LogP contribution is 2.31. The average molecular weight is 299 g/mol. The van der Waals surface area contributed by atoms with Gasteiger partial charge in [0.25, 0.3) is 0 Å². The number of benzene rings is 1. The molecule has 1 heterocycles. The molecule has 0 unspecified atom stereocenters. The van der Waals surface area contributed by atoms with Crippen molar-refractivity contribution in [2.75, 3.05) is 20.7 Å². The first-order valence-electron chi connectivity index (χ1n) is 5.85. The molecule has 1 aliphatic heterocycles. The van der Waals surface area contributed by atoms with E-state index >= 15 is 0 Å². The van der Waals surface area contributed by atoms with E-state index in [1.165, 1.54) is 0 Å². The Morgan fingerprint density at radius 1 is 1.16 bits per heavy atom. The summed E-state index contributed by atoms with van der Waals surface area (Å²) in [6.45, 7) is 6.29. The molecule has 0 fully saturated rings. The molecule has 19 heavy (non-hydrogen) atoms. The minimum atomic E-state index is 0.431. The summed E-state index contributed by atoms with van der Waals surface area (Å²) in [7, 11) is 3.91. The molecule has 0 aliphatic carbocycles. The lowest BCUT2D eigenvalue weighted by atomic mass is 10.2. The predicted octanol–water partition coefficient (Wildman–Crippen LogP) is 3.87. The van der Waals surface area contributed by atoms with Gasteiger partial charge in [-0.1, -0.05) is 29.8 Å². The van der Waals surface area contributed by atoms with Crippen LogP contribution in [0.2, 0.25) is 10.0 Å². The Kier molecular flexibility index (Phi) is 3.97. The lowest BCUT2D eigenvalue weighted by Gasteiger charge is -2.26. The Labute approximate surface area is 123 Å². The molecule has 2 rings (SSSR count). The first-order valence-corrected chi connectivity index (χ1v) is 6.61. The van der Waals surface area contributed by atoms with Crippen molar-refractivity contribution in [3.8, 4) is 5.75 Å². The maximum absolute atomic E-state index is 6.11. The van der Waals surface area contributed by atoms with Gasteiger partial charge < -0.3 is 4.74 Å². The van der Waals surface area contributed by atoms with Gasteiger partial charge in [0, 0.05) is 19.1 Å². The molecule has 0 radical (unpaired) electrons. The average Bonchev–Trinajstić information content (AvgIpc) is 2.60. The Balaban J connectivity index is 2.10. The third-order valence-corrected chi connectivity index (χ3v) is 3.91. The fraction of sp³-hybridized carbons (Fsp3) is 0.286. The van der Waals surface area contributed by atoms with E-state index in [4.69, 9.17) is 27.9 Å². The third kappa shape index (κ3) is 2.82. The monoisotopic (exact) mass is 298 g/mol. The van der Waals surface area contributed by atoms with E-state index in [1.807, 2.05) is 43.2 Å². The molecule has 1 aromatic carbocycles. The molecule has 0 amide bonds. The van der Waals surface area contributed by atoms with Crippen LogP contribution in [0.15, 0.2) is 36.2 Å². The van der Waals surface area contributed by atoms with Gasteiger partial charge in [0.1, 0.15) is 12.4 Å². The van der Waals surface area contributed by atoms with E-state index in [1.54, 1.807) is 6.07 Å². The van der Waals surface area contributed by atoms with Crippen molar-refractivity contribution >= 4 is 23.2 Å². The summed E-state index contributed by atoms with van der Waals surface area (Å²) < 4.78 is 5.76. The fourth-order valence-corrected chi connectivity index (χ4v) is 2.23. The summed E-state index contributed by atoms with van der Waals surface area (Å²) in [6.07, 6.45) is 1.98. The van der Waals surface area contributed by atoms with Gasteiger partial charge in [0.15, 0.2) is 0 Å². The molecular weight excluding hydrogens is 283 g/mol. The van der Waals surface area contributed by atoms with Crippen molar-refractivity contribution in [2.45, 2.75) is 6.92 Å². The Bertz CT molecular complexity index is 555. The van der Waals surface area contributed by atoms with Crippen LogP contribution in [0.4, 0.5) is 0 Å². The maximum Gasteiger partial charge on any atom is 0.138 e. The number of hydrogen-bond acceptors (Lipinski definition) is 3. The molecule has 102 valence electrons. The minimum Gasteiger partial charge on any atom is -0.486 e. The van der Waals surface area contributed by atoms with Crippen LogP contribution in [-0.4, -0.2) is 30.7 Å². The molecule has 1 aliphatic rings. The number of hydrazine groups is 1. The van der Waals surface area contributed by atoms with Crippen LogP contribution in [0, 0.1) is 6.92 Å². The summed E-state index contributed by atoms with van der Waals surface area (Å²) in [4.78, 5) is 0. The largest absolute Gasteiger partial charge is 0.486 e. The smallest absolute Gasteiger partial charge is 0.138 e. The molecule has 0 aromatic heterocycles. The van der Waals surface area contributed by atoms with Crippen LogP contribution in [0.25, 0.3) is 0 Å². The summed E-state index contributed by atoms with van der Waals surface area (Å²) in [6, 6.07) is 3.55. The van der Waals surface area contributed by atoms with Crippen LogP contribution >= 0.6 is 23.2 Å². The van der Waals surface area contributed by atoms with Crippen LogP contribution in [0.5, 0.6) is 5.75 Å². The van der Waals surface area contributed by atoms with Gasteiger partial charge in [-0.05, 0) is 30.7 Å². The van der Waals surface area contributed by atoms with Crippen molar-refractivity contribution < 1.29 is 4.74 Å². The Morgan fingerprint density at radius 2 is 1.84 bits per heavy atom. The number of likely N-dealkylation sites (N-methyl/N-ethyl adjacent to an activating group) is 2. The van der Waals surface area contributed by atoms with Crippen LogP contribution in [0.3, 0.4) is 0 Å². The minimum absolute atomic E-state index is 0.431. The van der Waals surface area contributed by atoms with Crippen molar-refractivity contribution in [2.24, 2.45) is 0 Å². The van der Waals surface area contributed by atoms with Gasteiger partial charge in [0.2, 0.25) is 0 Å². The zero-order chi connectivity index (χ0) is 14.2. The highest BCUT2D eigenvalue weighted by Gasteiger charge is 2.19. The zero-order valence-electron chi connectivity index (χ0n) is 11.2. The van der Waals surface area contributed by atoms with E-state index in [2.05, 4.69) is 6.58 Å². The fourth-order valence-electron chi connectivity index (χ4n) is 1.79. The van der Waals surface area contributed by atoms with Gasteiger partial charge in [-0.3, -0.25) is 10.0 Å². The van der Waals surface area contributed by atoms with E-state index < -0.39 is 0 Å². The SMILES string of the molecule is C=C1C=C(COc2cc(C)c(Cl)cc2Cl)N(C)N1C. The van der Waals surface area contributed by atoms with Crippen molar-refractivity contribution in [3.05, 3.63) is 51.8 Å². The molecule has 0 N–H and O–H groups in total. The topological polar surface area (TPSA) is 15.7 Å². The number of nitrogens with zero attached hydrogens (tertiary/aromatic N) is 2. The molecule has 0 atom stereocenters. The Morgan fingerprint density at radius 3 is 2.42 bits per heavy atom. The maximum atomic E-state index is 6.11. The molecule has 0 saturated heterocycles. The predicted molar refractivity (Wildman–Crippen MR) is 79.4 cm³/mol. The van der Waals surface area contributed by atoms with E-state index in [0.717, 1.165) is 17.0 Å². The van der Waals surface area contributed by atoms with Crippen molar-refractivity contribution in [3.63, 3.8) is 0 Å². The van der Waals surface area contributed by atoms with Gasteiger partial charge in [-0.2, -0.15) is 0 Å². The highest BCUT2D eigenvalue weighted by atomic mass is 35.5. The zero-order valence-corrected chi connectivity index (χ0v) is 12.7. The van der Waals surface area contributed by atoms with Gasteiger partial charge in [0.05, 0.1) is 16.4 Å². The van der Waals surface area contributed by atoms with Crippen LogP contribution in [-0.2, 0) is 0 Å². The second-order valence-electron chi connectivity index (χ2n) is 4.49. The molecule has 1 aromatic rings. The van der Waals surface area contributed by atoms with E-state index in [-0.39, 0.29) is 0 Å². The lowest BCUT2D eigenvalue weighted by molar-refractivity contribution is 0.117. The third-order valence-electron chi connectivity index (χ3n) is 3.20. The standard InChI is InChI=1S/C14H16Cl2N2O/c1-9-5-14(13(16)7-12(9)15)19-8-11-6-10(2)17(3)18(11)4/h5-7H,2,8H2,1,3-4H3. The van der Waals surface area contributed by atoms with Gasteiger partial charge in [-0.25, -0.2) is 0 Å². The lowest BCUT2D eigenvalue weighted by Crippen LogP contribution is -2.30. The second kappa shape index (κ2) is 5.35. The number of aryl methyl sites for hydroxylation is 1. The summed E-state index contributed by atoms with van der Waals surface area (Å²) in [5, 5.41) is 5.10. The number of halogens is 2. The quantitative estimate of drug-likeness (QED) is 0.842. The number of allylic oxidation sites excluding steroid dienone is 1. The second-order valence-corrected chi connectivity index (χ2v) is 5.31. The first-order chi connectivity index (χ1) is 8.90. The molecule has 0 spiro atoms. The summed E-state index contributed by atoms with van der Waals surface area (Å²) in [5.74, 6) is 0.637. The summed E-state index contributed by atoms with van der Waals surface area (Å²) >= 11 is 12.1. The first kappa shape index (κ1) is 14.1. The summed E-state index contributed by atoms with van der Waals surface area (Å²) in [5.41, 5.74) is 2.90. The molecule has 3 nitrogen and oxygen atoms in total. The van der Waals surface area contributed by atoms with Gasteiger partial charge >= 0.3 is 0 Å². The Hall–Kier alpha value is -1.32. The van der Waals surface area contributed by atoms with E-state index in [9.17, 15) is 0 Å². The number of hydrogen-bond donors (Lipinski definition) is 0. The number of rotatable bonds is 3. The molecular formula is C14H16Cl2N2O. The number of ether oxygens (including phenoxy) is 1. The molecule has 0 bridgehead atoms.